The molecule has 0 spiro atoms. The molecule has 0 amide bonds. The van der Waals surface area contributed by atoms with E-state index in [1.807, 2.05) is 0 Å². The molecule has 2 saturated heterocycles. The van der Waals surface area contributed by atoms with Crippen molar-refractivity contribution >= 4 is 24.8 Å². The van der Waals surface area contributed by atoms with Crippen molar-refractivity contribution in [2.45, 2.75) is 18.9 Å². The zero-order chi connectivity index (χ0) is 14.7. The van der Waals surface area contributed by atoms with Crippen molar-refractivity contribution in [1.82, 2.24) is 10.2 Å². The summed E-state index contributed by atoms with van der Waals surface area (Å²) in [4.78, 5) is 2.34. The van der Waals surface area contributed by atoms with E-state index in [1.54, 1.807) is 6.07 Å². The highest BCUT2D eigenvalue weighted by molar-refractivity contribution is 5.85. The van der Waals surface area contributed by atoms with Crippen LogP contribution in [0.15, 0.2) is 18.2 Å². The first kappa shape index (κ1) is 20.6. The topological polar surface area (TPSA) is 24.5 Å². The summed E-state index contributed by atoms with van der Waals surface area (Å²) in [6.45, 7) is 5.11. The largest absolute Gasteiger partial charge is 0.381 e. The van der Waals surface area contributed by atoms with E-state index in [9.17, 15) is 8.78 Å². The molecular weight excluding hydrogens is 345 g/mol. The van der Waals surface area contributed by atoms with Crippen molar-refractivity contribution in [3.05, 3.63) is 35.4 Å². The first-order chi connectivity index (χ1) is 10.3. The molecule has 1 N–H and O–H groups in total. The van der Waals surface area contributed by atoms with Gasteiger partial charge in [0.05, 0.1) is 0 Å². The molecule has 23 heavy (non-hydrogen) atoms. The van der Waals surface area contributed by atoms with E-state index < -0.39 is 11.6 Å². The molecule has 0 aliphatic carbocycles. The molecule has 2 heterocycles. The molecule has 2 aliphatic rings. The molecule has 0 saturated carbocycles. The zero-order valence-electron chi connectivity index (χ0n) is 13.0. The Bertz CT molecular complexity index is 463. The van der Waals surface area contributed by atoms with E-state index in [0.717, 1.165) is 58.3 Å². The number of nitrogens with zero attached hydrogens (tertiary/aromatic N) is 1. The van der Waals surface area contributed by atoms with Gasteiger partial charge in [-0.15, -0.1) is 24.8 Å². The summed E-state index contributed by atoms with van der Waals surface area (Å²) in [5.74, 6) is -0.566. The number of ether oxygens (including phenoxy) is 1. The van der Waals surface area contributed by atoms with Crippen molar-refractivity contribution in [3.63, 3.8) is 0 Å². The standard InChI is InChI=1S/C16H22F2N2O.2ClH/c17-13-1-2-14(15(18)11-13)16(12-3-9-21-10-4-12)20-7-5-19-6-8-20;;/h1-2,11-12,16,19H,3-10H2;2*1H/t16-;;/m0../s1. The van der Waals surface area contributed by atoms with Crippen molar-refractivity contribution < 1.29 is 13.5 Å². The quantitative estimate of drug-likeness (QED) is 0.886. The average molecular weight is 369 g/mol. The summed E-state index contributed by atoms with van der Waals surface area (Å²) >= 11 is 0. The van der Waals surface area contributed by atoms with Gasteiger partial charge in [-0.1, -0.05) is 6.07 Å². The van der Waals surface area contributed by atoms with Crippen molar-refractivity contribution in [1.29, 1.82) is 0 Å². The van der Waals surface area contributed by atoms with Gasteiger partial charge in [0.25, 0.3) is 0 Å². The van der Waals surface area contributed by atoms with Crippen molar-refractivity contribution in [2.24, 2.45) is 5.92 Å². The molecule has 1 atom stereocenters. The number of piperazine rings is 1. The smallest absolute Gasteiger partial charge is 0.130 e. The van der Waals surface area contributed by atoms with E-state index in [0.29, 0.717) is 11.5 Å². The molecule has 0 unspecified atom stereocenters. The van der Waals surface area contributed by atoms with Gasteiger partial charge in [-0.05, 0) is 24.8 Å². The molecule has 7 heteroatoms. The van der Waals surface area contributed by atoms with Crippen LogP contribution in [0.1, 0.15) is 24.4 Å². The molecule has 3 nitrogen and oxygen atoms in total. The van der Waals surface area contributed by atoms with Gasteiger partial charge in [-0.25, -0.2) is 8.78 Å². The molecule has 2 fully saturated rings. The highest BCUT2D eigenvalue weighted by atomic mass is 35.5. The third-order valence-electron chi connectivity index (χ3n) is 4.54. The van der Waals surface area contributed by atoms with Gasteiger partial charge in [0.1, 0.15) is 11.6 Å². The predicted octanol–water partition coefficient (Wildman–Crippen LogP) is 3.18. The Hall–Kier alpha value is -0.460. The molecule has 1 aromatic rings. The van der Waals surface area contributed by atoms with Crippen molar-refractivity contribution in [2.75, 3.05) is 39.4 Å². The minimum Gasteiger partial charge on any atom is -0.381 e. The fraction of sp³-hybridized carbons (Fsp3) is 0.625. The van der Waals surface area contributed by atoms with Crippen LogP contribution in [0.25, 0.3) is 0 Å². The molecule has 0 aromatic heterocycles. The van der Waals surface area contributed by atoms with Crippen LogP contribution in [0.2, 0.25) is 0 Å². The Morgan fingerprint density at radius 2 is 1.74 bits per heavy atom. The zero-order valence-corrected chi connectivity index (χ0v) is 14.6. The van der Waals surface area contributed by atoms with Gasteiger partial charge in [0.2, 0.25) is 0 Å². The lowest BCUT2D eigenvalue weighted by Crippen LogP contribution is -2.47. The summed E-state index contributed by atoms with van der Waals surface area (Å²) in [7, 11) is 0. The van der Waals surface area contributed by atoms with Gasteiger partial charge in [0, 0.05) is 57.1 Å². The molecule has 0 bridgehead atoms. The minimum absolute atomic E-state index is 0. The van der Waals surface area contributed by atoms with E-state index >= 15 is 0 Å². The molecule has 2 aliphatic heterocycles. The van der Waals surface area contributed by atoms with Crippen LogP contribution in [-0.2, 0) is 4.74 Å². The first-order valence-corrected chi connectivity index (χ1v) is 7.73. The van der Waals surface area contributed by atoms with Crippen molar-refractivity contribution in [3.8, 4) is 0 Å². The third-order valence-corrected chi connectivity index (χ3v) is 4.54. The lowest BCUT2D eigenvalue weighted by Gasteiger charge is -2.41. The maximum Gasteiger partial charge on any atom is 0.130 e. The average Bonchev–Trinajstić information content (AvgIpc) is 2.52. The van der Waals surface area contributed by atoms with E-state index in [-0.39, 0.29) is 30.9 Å². The predicted molar refractivity (Wildman–Crippen MR) is 91.6 cm³/mol. The second-order valence-corrected chi connectivity index (χ2v) is 5.85. The third kappa shape index (κ3) is 5.00. The number of hydrogen-bond donors (Lipinski definition) is 1. The summed E-state index contributed by atoms with van der Waals surface area (Å²) in [5.41, 5.74) is 0.630. The van der Waals surface area contributed by atoms with Gasteiger partial charge < -0.3 is 10.1 Å². The van der Waals surface area contributed by atoms with E-state index in [1.165, 1.54) is 6.07 Å². The summed E-state index contributed by atoms with van der Waals surface area (Å²) in [6, 6.07) is 4.01. The number of benzene rings is 1. The first-order valence-electron chi connectivity index (χ1n) is 7.73. The Kier molecular flexibility index (Phi) is 8.72. The summed E-state index contributed by atoms with van der Waals surface area (Å²) in [5, 5.41) is 3.33. The van der Waals surface area contributed by atoms with Crippen LogP contribution < -0.4 is 5.32 Å². The minimum atomic E-state index is -0.512. The maximum atomic E-state index is 14.3. The molecule has 132 valence electrons. The Balaban J connectivity index is 0.00000132. The lowest BCUT2D eigenvalue weighted by molar-refractivity contribution is 0.0202. The summed E-state index contributed by atoms with van der Waals surface area (Å²) < 4.78 is 32.9. The van der Waals surface area contributed by atoms with Gasteiger partial charge in [0.15, 0.2) is 0 Å². The van der Waals surface area contributed by atoms with Gasteiger partial charge >= 0.3 is 0 Å². The Labute approximate surface area is 148 Å². The lowest BCUT2D eigenvalue weighted by atomic mass is 9.85. The number of hydrogen-bond acceptors (Lipinski definition) is 3. The second kappa shape index (κ2) is 9.74. The fourth-order valence-electron chi connectivity index (χ4n) is 3.48. The second-order valence-electron chi connectivity index (χ2n) is 5.85. The van der Waals surface area contributed by atoms with E-state index in [4.69, 9.17) is 4.74 Å². The molecule has 3 rings (SSSR count). The van der Waals surface area contributed by atoms with Crippen LogP contribution in [0.3, 0.4) is 0 Å². The van der Waals surface area contributed by atoms with Crippen LogP contribution in [-0.4, -0.2) is 44.3 Å². The molecule has 0 radical (unpaired) electrons. The van der Waals surface area contributed by atoms with Crippen LogP contribution >= 0.6 is 24.8 Å². The molecular formula is C16H24Cl2F2N2O. The van der Waals surface area contributed by atoms with E-state index in [2.05, 4.69) is 10.2 Å². The van der Waals surface area contributed by atoms with Gasteiger partial charge in [-0.2, -0.15) is 0 Å². The number of nitrogens with one attached hydrogen (secondary N) is 1. The number of halogens is 4. The Morgan fingerprint density at radius 1 is 1.09 bits per heavy atom. The highest BCUT2D eigenvalue weighted by Gasteiger charge is 2.32. The SMILES string of the molecule is Cl.Cl.Fc1ccc([C@H](C2CCOCC2)N2CCNCC2)c(F)c1. The highest BCUT2D eigenvalue weighted by Crippen LogP contribution is 2.36. The fourth-order valence-corrected chi connectivity index (χ4v) is 3.48. The molecule has 1 aromatic carbocycles. The Morgan fingerprint density at radius 3 is 2.35 bits per heavy atom. The van der Waals surface area contributed by atoms with Crippen LogP contribution in [0.5, 0.6) is 0 Å². The maximum absolute atomic E-state index is 14.3. The van der Waals surface area contributed by atoms with Gasteiger partial charge in [-0.3, -0.25) is 4.90 Å². The normalized spacial score (nSPS) is 21.1. The monoisotopic (exact) mass is 368 g/mol. The summed E-state index contributed by atoms with van der Waals surface area (Å²) in [6.07, 6.45) is 1.87. The number of rotatable bonds is 3. The van der Waals surface area contributed by atoms with Crippen LogP contribution in [0.4, 0.5) is 8.78 Å². The van der Waals surface area contributed by atoms with Crippen LogP contribution in [0, 0.1) is 17.6 Å².